The van der Waals surface area contributed by atoms with Crippen LogP contribution in [0.4, 0.5) is 0 Å². The largest absolute Gasteiger partial charge is 0.0879 e. The van der Waals surface area contributed by atoms with E-state index in [0.29, 0.717) is 0 Å². The van der Waals surface area contributed by atoms with Crippen molar-refractivity contribution in [2.45, 2.75) is 32.1 Å². The monoisotopic (exact) mass is 186 g/mol. The summed E-state index contributed by atoms with van der Waals surface area (Å²) in [5.74, 6) is 6.97. The molecular weight excluding hydrogens is 168 g/mol. The Labute approximate surface area is 85.8 Å². The second kappa shape index (κ2) is 1.86. The third kappa shape index (κ3) is 0.487. The molecule has 5 saturated carbocycles. The average molecular weight is 186 g/mol. The molecule has 0 aromatic carbocycles. The maximum Gasteiger partial charge on any atom is -0.0170 e. The Morgan fingerprint density at radius 1 is 1.21 bits per heavy atom. The number of rotatable bonds is 0. The van der Waals surface area contributed by atoms with Gasteiger partial charge in [-0.15, -0.1) is 0 Å². The molecule has 0 heterocycles. The lowest BCUT2D eigenvalue weighted by molar-refractivity contribution is 0.149. The van der Waals surface area contributed by atoms with Crippen LogP contribution in [0.3, 0.4) is 0 Å². The Morgan fingerprint density at radius 2 is 2.21 bits per heavy atom. The van der Waals surface area contributed by atoms with Gasteiger partial charge in [-0.3, -0.25) is 0 Å². The molecule has 6 aliphatic carbocycles. The first-order valence-electron chi connectivity index (χ1n) is 6.59. The predicted molar refractivity (Wildman–Crippen MR) is 55.6 cm³/mol. The summed E-state index contributed by atoms with van der Waals surface area (Å²) in [4.78, 5) is 0. The number of hydrogen-bond donors (Lipinski definition) is 0. The third-order valence-electron chi connectivity index (χ3n) is 6.67. The van der Waals surface area contributed by atoms with Crippen LogP contribution >= 0.6 is 0 Å². The molecule has 5 fully saturated rings. The summed E-state index contributed by atoms with van der Waals surface area (Å²) in [6.07, 6.45) is 12.9. The van der Waals surface area contributed by atoms with Crippen molar-refractivity contribution in [2.24, 2.45) is 40.9 Å². The minimum Gasteiger partial charge on any atom is -0.0879 e. The van der Waals surface area contributed by atoms with Crippen LogP contribution in [0.15, 0.2) is 12.2 Å². The molecule has 0 nitrogen and oxygen atoms in total. The van der Waals surface area contributed by atoms with Crippen LogP contribution in [0.5, 0.6) is 0 Å². The highest BCUT2D eigenvalue weighted by Gasteiger charge is 2.80. The van der Waals surface area contributed by atoms with Crippen LogP contribution in [-0.2, 0) is 0 Å². The topological polar surface area (TPSA) is 0 Å². The summed E-state index contributed by atoms with van der Waals surface area (Å²) in [6, 6.07) is 0. The molecule has 74 valence electrons. The molecule has 0 saturated heterocycles. The van der Waals surface area contributed by atoms with Gasteiger partial charge in [0.15, 0.2) is 0 Å². The summed E-state index contributed by atoms with van der Waals surface area (Å²) >= 11 is 0. The summed E-state index contributed by atoms with van der Waals surface area (Å²) < 4.78 is 0. The maximum absolute atomic E-state index is 2.62. The minimum absolute atomic E-state index is 0.868. The van der Waals surface area contributed by atoms with Gasteiger partial charge in [0.05, 0.1) is 0 Å². The number of allylic oxidation sites excluding steroid dienone is 2. The van der Waals surface area contributed by atoms with Crippen molar-refractivity contribution in [1.29, 1.82) is 0 Å². The zero-order valence-electron chi connectivity index (χ0n) is 8.65. The summed E-state index contributed by atoms with van der Waals surface area (Å²) in [5.41, 5.74) is 0.868. The van der Waals surface area contributed by atoms with Gasteiger partial charge in [0.25, 0.3) is 0 Å². The van der Waals surface area contributed by atoms with Gasteiger partial charge in [0, 0.05) is 0 Å². The van der Waals surface area contributed by atoms with Gasteiger partial charge < -0.3 is 0 Å². The highest BCUT2D eigenvalue weighted by atomic mass is 14.8. The molecule has 14 heavy (non-hydrogen) atoms. The lowest BCUT2D eigenvalue weighted by Crippen LogP contribution is -2.29. The third-order valence-corrected chi connectivity index (χ3v) is 6.67. The van der Waals surface area contributed by atoms with E-state index in [1.165, 1.54) is 42.9 Å². The molecule has 7 atom stereocenters. The van der Waals surface area contributed by atoms with E-state index in [2.05, 4.69) is 12.2 Å². The quantitative estimate of drug-likeness (QED) is 0.509. The van der Waals surface area contributed by atoms with Gasteiger partial charge in [-0.2, -0.15) is 0 Å². The fourth-order valence-corrected chi connectivity index (χ4v) is 6.60. The predicted octanol–water partition coefficient (Wildman–Crippen LogP) is 3.24. The Morgan fingerprint density at radius 3 is 3.14 bits per heavy atom. The standard InChI is InChI=1S/C14H18/c1-3-8-4-2-6-14(8)11-7-10-12(13(10)14)9(11)5-1/h1,3,8-13H,2,4-7H2/t8-,9?,10+,11-,12?,13?,14+/m0/s1. The minimum atomic E-state index is 0.868. The van der Waals surface area contributed by atoms with Crippen molar-refractivity contribution in [3.8, 4) is 0 Å². The highest BCUT2D eigenvalue weighted by Crippen LogP contribution is 2.86. The molecule has 0 aromatic rings. The Bertz CT molecular complexity index is 342. The first-order chi connectivity index (χ1) is 6.93. The van der Waals surface area contributed by atoms with E-state index in [1.807, 2.05) is 0 Å². The summed E-state index contributed by atoms with van der Waals surface area (Å²) in [6.45, 7) is 0. The first-order valence-corrected chi connectivity index (χ1v) is 6.59. The lowest BCUT2D eigenvalue weighted by Gasteiger charge is -2.34. The Hall–Kier alpha value is -0.260. The number of hydrogen-bond acceptors (Lipinski definition) is 0. The summed E-state index contributed by atoms with van der Waals surface area (Å²) in [5, 5.41) is 0. The van der Waals surface area contributed by atoms with E-state index in [0.717, 1.165) is 17.3 Å². The van der Waals surface area contributed by atoms with Crippen LogP contribution in [-0.4, -0.2) is 0 Å². The SMILES string of the molecule is C1=C[C@H]2CCC[C@@]23C2C4C(C1)[C@@H]3C[C@H]42. The molecule has 6 aliphatic rings. The molecule has 0 aromatic heterocycles. The molecule has 0 aliphatic heterocycles. The molecule has 0 N–H and O–H groups in total. The zero-order chi connectivity index (χ0) is 8.91. The summed E-state index contributed by atoms with van der Waals surface area (Å²) in [7, 11) is 0. The van der Waals surface area contributed by atoms with Crippen LogP contribution in [0, 0.1) is 40.9 Å². The molecule has 6 bridgehead atoms. The van der Waals surface area contributed by atoms with E-state index in [-0.39, 0.29) is 0 Å². The smallest absolute Gasteiger partial charge is 0.0170 e. The van der Waals surface area contributed by atoms with Crippen molar-refractivity contribution in [2.75, 3.05) is 0 Å². The van der Waals surface area contributed by atoms with Gasteiger partial charge in [-0.25, -0.2) is 0 Å². The first kappa shape index (κ1) is 7.09. The fraction of sp³-hybridized carbons (Fsp3) is 0.857. The Kier molecular flexibility index (Phi) is 0.941. The van der Waals surface area contributed by atoms with Crippen molar-refractivity contribution in [3.63, 3.8) is 0 Å². The van der Waals surface area contributed by atoms with Gasteiger partial charge in [0.2, 0.25) is 0 Å². The van der Waals surface area contributed by atoms with Crippen LogP contribution in [0.2, 0.25) is 0 Å². The van der Waals surface area contributed by atoms with E-state index in [9.17, 15) is 0 Å². The van der Waals surface area contributed by atoms with E-state index >= 15 is 0 Å². The van der Waals surface area contributed by atoms with Crippen molar-refractivity contribution in [3.05, 3.63) is 12.2 Å². The highest BCUT2D eigenvalue weighted by molar-refractivity contribution is 5.31. The van der Waals surface area contributed by atoms with Crippen molar-refractivity contribution < 1.29 is 0 Å². The van der Waals surface area contributed by atoms with Crippen LogP contribution in [0.25, 0.3) is 0 Å². The van der Waals surface area contributed by atoms with E-state index in [1.54, 1.807) is 12.8 Å². The van der Waals surface area contributed by atoms with Crippen molar-refractivity contribution in [1.82, 2.24) is 0 Å². The second-order valence-electron chi connectivity index (χ2n) is 6.55. The molecule has 0 radical (unpaired) electrons. The molecule has 6 rings (SSSR count). The van der Waals surface area contributed by atoms with Gasteiger partial charge in [0.1, 0.15) is 0 Å². The lowest BCUT2D eigenvalue weighted by atomic mass is 9.70. The molecule has 1 spiro atoms. The van der Waals surface area contributed by atoms with Gasteiger partial charge >= 0.3 is 0 Å². The molecule has 3 unspecified atom stereocenters. The van der Waals surface area contributed by atoms with Crippen LogP contribution < -0.4 is 0 Å². The van der Waals surface area contributed by atoms with Gasteiger partial charge in [-0.1, -0.05) is 18.6 Å². The fourth-order valence-electron chi connectivity index (χ4n) is 6.60. The molecule has 0 heteroatoms. The van der Waals surface area contributed by atoms with Crippen LogP contribution in [0.1, 0.15) is 32.1 Å². The second-order valence-corrected chi connectivity index (χ2v) is 6.55. The molecular formula is C14H18. The van der Waals surface area contributed by atoms with E-state index in [4.69, 9.17) is 0 Å². The van der Waals surface area contributed by atoms with E-state index < -0.39 is 0 Å². The molecule has 0 amide bonds. The Balaban J connectivity index is 1.77. The average Bonchev–Trinajstić information content (AvgIpc) is 2.53. The zero-order valence-corrected chi connectivity index (χ0v) is 8.65. The normalized spacial score (nSPS) is 70.9. The maximum atomic E-state index is 2.62. The van der Waals surface area contributed by atoms with Gasteiger partial charge in [-0.05, 0) is 66.6 Å². The van der Waals surface area contributed by atoms with Crippen molar-refractivity contribution >= 4 is 0 Å².